The first-order valence-electron chi connectivity index (χ1n) is 22.9. The average Bonchev–Trinajstić information content (AvgIpc) is 3.27. The summed E-state index contributed by atoms with van der Waals surface area (Å²) in [6.45, 7) is 15.3. The number of hydrogen-bond acceptors (Lipinski definition) is 8. The number of benzene rings is 4. The Labute approximate surface area is 377 Å². The van der Waals surface area contributed by atoms with E-state index in [2.05, 4.69) is 75.2 Å². The van der Waals surface area contributed by atoms with Gasteiger partial charge in [-0.3, -0.25) is 19.4 Å². The van der Waals surface area contributed by atoms with Gasteiger partial charge in [0.05, 0.1) is 18.5 Å². The lowest BCUT2D eigenvalue weighted by Gasteiger charge is -2.33. The number of carbonyl (C=O) groups excluding carboxylic acids is 2. The van der Waals surface area contributed by atoms with Gasteiger partial charge >= 0.3 is 0 Å². The molecule has 2 amide bonds. The molecule has 63 heavy (non-hydrogen) atoms. The second-order valence-corrected chi connectivity index (χ2v) is 18.3. The summed E-state index contributed by atoms with van der Waals surface area (Å²) in [5.41, 5.74) is 5.76. The van der Waals surface area contributed by atoms with Crippen molar-refractivity contribution in [3.05, 3.63) is 130 Å². The van der Waals surface area contributed by atoms with Crippen molar-refractivity contribution >= 4 is 34.8 Å². The summed E-state index contributed by atoms with van der Waals surface area (Å²) in [6, 6.07) is 29.3. The molecule has 0 aliphatic carbocycles. The molecule has 0 saturated carbocycles. The molecule has 0 spiro atoms. The molecule has 4 heterocycles. The first-order valence-corrected chi connectivity index (χ1v) is 23.3. The normalized spacial score (nSPS) is 20.5. The van der Waals surface area contributed by atoms with Crippen molar-refractivity contribution in [3.63, 3.8) is 0 Å². The molecule has 8 rings (SSSR count). The summed E-state index contributed by atoms with van der Waals surface area (Å²) < 4.78 is 27.2. The molecule has 2 atom stereocenters. The minimum atomic E-state index is -0.241. The van der Waals surface area contributed by atoms with E-state index in [0.717, 1.165) is 105 Å². The number of hydrogen-bond donors (Lipinski definition) is 4. The molecule has 0 unspecified atom stereocenters. The van der Waals surface area contributed by atoms with E-state index in [1.54, 1.807) is 18.2 Å². The predicted octanol–water partition coefficient (Wildman–Crippen LogP) is 7.18. The van der Waals surface area contributed by atoms with Crippen molar-refractivity contribution in [2.45, 2.75) is 89.6 Å². The third-order valence-electron chi connectivity index (χ3n) is 12.7. The van der Waals surface area contributed by atoms with E-state index in [-0.39, 0.29) is 35.5 Å². The highest BCUT2D eigenvalue weighted by atomic mass is 35.5. The van der Waals surface area contributed by atoms with Crippen LogP contribution in [0, 0.1) is 11.6 Å². The molecule has 4 aliphatic rings. The number of piperidine rings is 2. The molecule has 4 aromatic rings. The number of amides is 2. The topological polar surface area (TPSA) is 95.2 Å². The highest BCUT2D eigenvalue weighted by Gasteiger charge is 2.25. The molecule has 0 bridgehead atoms. The number of rotatable bonds is 12. The number of halogens is 3. The zero-order valence-corrected chi connectivity index (χ0v) is 37.7. The van der Waals surface area contributed by atoms with Crippen molar-refractivity contribution in [3.8, 4) is 0 Å². The van der Waals surface area contributed by atoms with Crippen molar-refractivity contribution in [1.29, 1.82) is 0 Å². The highest BCUT2D eigenvalue weighted by molar-refractivity contribution is 6.31. The summed E-state index contributed by atoms with van der Waals surface area (Å²) in [5, 5.41) is 14.3. The van der Waals surface area contributed by atoms with Gasteiger partial charge in [-0.25, -0.2) is 8.78 Å². The van der Waals surface area contributed by atoms with Crippen molar-refractivity contribution in [2.75, 3.05) is 76.1 Å². The molecule has 4 fully saturated rings. The van der Waals surface area contributed by atoms with Crippen molar-refractivity contribution in [1.82, 2.24) is 30.2 Å². The minimum Gasteiger partial charge on any atom is -0.382 e. The van der Waals surface area contributed by atoms with Gasteiger partial charge in [0.2, 0.25) is 11.8 Å². The summed E-state index contributed by atoms with van der Waals surface area (Å²) in [6.07, 6.45) is 4.18. The number of piperazine rings is 2. The van der Waals surface area contributed by atoms with Gasteiger partial charge in [0.25, 0.3) is 0 Å². The van der Waals surface area contributed by atoms with Gasteiger partial charge in [0, 0.05) is 113 Å². The summed E-state index contributed by atoms with van der Waals surface area (Å²) in [4.78, 5) is 34.3. The molecule has 13 heteroatoms. The third-order valence-corrected chi connectivity index (χ3v) is 13.0. The summed E-state index contributed by atoms with van der Waals surface area (Å²) >= 11 is 6.56. The lowest BCUT2D eigenvalue weighted by Crippen LogP contribution is -2.48. The van der Waals surface area contributed by atoms with Crippen LogP contribution < -0.4 is 21.3 Å². The van der Waals surface area contributed by atoms with Crippen LogP contribution in [-0.2, 0) is 35.5 Å². The van der Waals surface area contributed by atoms with E-state index in [1.807, 2.05) is 34.1 Å². The summed E-state index contributed by atoms with van der Waals surface area (Å²) in [7, 11) is 0. The molecule has 4 aliphatic heterocycles. The largest absolute Gasteiger partial charge is 0.382 e. The van der Waals surface area contributed by atoms with Crippen LogP contribution in [0.4, 0.5) is 20.2 Å². The Kier molecular flexibility index (Phi) is 16.8. The van der Waals surface area contributed by atoms with Gasteiger partial charge < -0.3 is 31.1 Å². The van der Waals surface area contributed by atoms with Crippen LogP contribution in [0.2, 0.25) is 5.02 Å². The zero-order chi connectivity index (χ0) is 44.1. The molecule has 4 saturated heterocycles. The van der Waals surface area contributed by atoms with Crippen LogP contribution >= 0.6 is 11.6 Å². The van der Waals surface area contributed by atoms with E-state index in [4.69, 9.17) is 11.6 Å². The standard InChI is InChI=1S/C25H32ClFN4O.C25H33FN4O/c1-18-16-30(12-9-28-18)17-20-6-5-19(13-24(20)26)14-25(32)31-10-7-22(8-11-31)29-23-4-2-3-21(27)15-23;1-19-17-29(15-12-27-19)18-21-8-6-20(7-9-21)16-25(31)30-13-10-22(11-14-30)28-24-5-3-2-4-23(24)26/h2-6,13,15,18,22,28-29H,7-12,14,16-17H2,1H3;2-9,19,22,27-28H,10-18H2,1H3/t18-;19-/m01/s1. The van der Waals surface area contributed by atoms with Crippen LogP contribution in [0.15, 0.2) is 91.0 Å². The number of anilines is 2. The molecule has 338 valence electrons. The van der Waals surface area contributed by atoms with E-state index >= 15 is 0 Å². The van der Waals surface area contributed by atoms with Gasteiger partial charge in [-0.05, 0) is 98.2 Å². The van der Waals surface area contributed by atoms with Gasteiger partial charge in [0.1, 0.15) is 11.6 Å². The number of para-hydroxylation sites is 1. The predicted molar refractivity (Wildman–Crippen MR) is 250 cm³/mol. The maximum atomic E-state index is 13.8. The number of nitrogens with zero attached hydrogens (tertiary/aromatic N) is 4. The van der Waals surface area contributed by atoms with E-state index in [1.165, 1.54) is 23.8 Å². The molecule has 4 N–H and O–H groups in total. The van der Waals surface area contributed by atoms with Crippen LogP contribution in [0.3, 0.4) is 0 Å². The SMILES string of the molecule is C[C@@H]1CN(Cc2ccc(CC(=O)N3CCC(Nc4ccccc4F)CC3)cc2)CCN1.C[C@H]1CN(Cc2ccc(CC(=O)N3CCC(Nc4cccc(F)c4)CC3)cc2Cl)CCN1. The Bertz CT molecular complexity index is 2090. The number of nitrogens with one attached hydrogen (secondary N) is 4. The monoisotopic (exact) mass is 882 g/mol. The Morgan fingerprint density at radius 3 is 1.78 bits per heavy atom. The van der Waals surface area contributed by atoms with Crippen molar-refractivity contribution < 1.29 is 18.4 Å². The summed E-state index contributed by atoms with van der Waals surface area (Å²) in [5.74, 6) is -0.160. The molecular weight excluding hydrogens is 818 g/mol. The maximum Gasteiger partial charge on any atom is 0.226 e. The fraction of sp³-hybridized carbons (Fsp3) is 0.480. The Morgan fingerprint density at radius 2 is 1.19 bits per heavy atom. The Morgan fingerprint density at radius 1 is 0.635 bits per heavy atom. The van der Waals surface area contributed by atoms with E-state index < -0.39 is 0 Å². The first-order chi connectivity index (χ1) is 30.5. The Balaban J connectivity index is 0.000000189. The third kappa shape index (κ3) is 14.2. The fourth-order valence-electron chi connectivity index (χ4n) is 9.13. The molecule has 10 nitrogen and oxygen atoms in total. The molecular formula is C50H65ClF2N8O2. The molecule has 0 aromatic heterocycles. The van der Waals surface area contributed by atoms with Crippen LogP contribution in [0.1, 0.15) is 61.8 Å². The van der Waals surface area contributed by atoms with Gasteiger partial charge in [-0.2, -0.15) is 0 Å². The van der Waals surface area contributed by atoms with Gasteiger partial charge in [0.15, 0.2) is 0 Å². The maximum absolute atomic E-state index is 13.8. The second kappa shape index (κ2) is 22.9. The molecule has 0 radical (unpaired) electrons. The lowest BCUT2D eigenvalue weighted by atomic mass is 10.0. The smallest absolute Gasteiger partial charge is 0.226 e. The van der Waals surface area contributed by atoms with E-state index in [0.29, 0.717) is 56.8 Å². The first kappa shape index (κ1) is 46.4. The van der Waals surface area contributed by atoms with Crippen LogP contribution in [0.5, 0.6) is 0 Å². The van der Waals surface area contributed by atoms with Crippen LogP contribution in [-0.4, -0.2) is 121 Å². The number of carbonyl (C=O) groups is 2. The molecule has 4 aromatic carbocycles. The quantitative estimate of drug-likeness (QED) is 0.119. The average molecular weight is 884 g/mol. The van der Waals surface area contributed by atoms with Gasteiger partial charge in [-0.1, -0.05) is 66.2 Å². The van der Waals surface area contributed by atoms with Gasteiger partial charge in [-0.15, -0.1) is 0 Å². The lowest BCUT2D eigenvalue weighted by molar-refractivity contribution is -0.132. The highest BCUT2D eigenvalue weighted by Crippen LogP contribution is 2.24. The zero-order valence-electron chi connectivity index (χ0n) is 36.9. The fourth-order valence-corrected chi connectivity index (χ4v) is 9.40. The minimum absolute atomic E-state index is 0.133. The Hall–Kier alpha value is -4.59. The second-order valence-electron chi connectivity index (χ2n) is 17.9. The van der Waals surface area contributed by atoms with Crippen LogP contribution in [0.25, 0.3) is 0 Å². The van der Waals surface area contributed by atoms with Crippen molar-refractivity contribution in [2.24, 2.45) is 0 Å². The number of likely N-dealkylation sites (tertiary alicyclic amines) is 2. The van der Waals surface area contributed by atoms with E-state index in [9.17, 15) is 18.4 Å².